The lowest BCUT2D eigenvalue weighted by Crippen LogP contribution is -2.30. The molecular formula is C19H16N2OS. The molecular weight excluding hydrogens is 304 g/mol. The van der Waals surface area contributed by atoms with Crippen molar-refractivity contribution in [2.75, 3.05) is 6.54 Å². The summed E-state index contributed by atoms with van der Waals surface area (Å²) in [5.74, 6) is 0.0431. The zero-order valence-electron chi connectivity index (χ0n) is 12.8. The van der Waals surface area contributed by atoms with Crippen LogP contribution in [-0.4, -0.2) is 17.4 Å². The molecule has 23 heavy (non-hydrogen) atoms. The fourth-order valence-corrected chi connectivity index (χ4v) is 3.95. The summed E-state index contributed by atoms with van der Waals surface area (Å²) in [4.78, 5) is 18.7. The van der Waals surface area contributed by atoms with E-state index in [0.717, 1.165) is 40.2 Å². The van der Waals surface area contributed by atoms with Crippen molar-refractivity contribution in [2.45, 2.75) is 13.3 Å². The minimum Gasteiger partial charge on any atom is -0.352 e. The van der Waals surface area contributed by atoms with E-state index in [9.17, 15) is 4.79 Å². The number of carbonyl (C=O) groups excluding carboxylic acids is 1. The van der Waals surface area contributed by atoms with Gasteiger partial charge in [-0.2, -0.15) is 0 Å². The second-order valence-electron chi connectivity index (χ2n) is 5.75. The van der Waals surface area contributed by atoms with E-state index in [1.54, 1.807) is 11.3 Å². The Hall–Kier alpha value is -2.46. The molecule has 0 saturated heterocycles. The van der Waals surface area contributed by atoms with Crippen LogP contribution in [0.25, 0.3) is 21.7 Å². The van der Waals surface area contributed by atoms with E-state index in [0.29, 0.717) is 0 Å². The molecule has 3 nitrogen and oxygen atoms in total. The second kappa shape index (κ2) is 5.63. The molecule has 3 aromatic rings. The van der Waals surface area contributed by atoms with Crippen molar-refractivity contribution in [3.05, 3.63) is 64.7 Å². The summed E-state index contributed by atoms with van der Waals surface area (Å²) in [6.45, 7) is 2.81. The van der Waals surface area contributed by atoms with Gasteiger partial charge in [-0.15, -0.1) is 11.3 Å². The van der Waals surface area contributed by atoms with Gasteiger partial charge in [-0.25, -0.2) is 0 Å². The Bertz CT molecular complexity index is 881. The van der Waals surface area contributed by atoms with Gasteiger partial charge in [-0.1, -0.05) is 29.8 Å². The molecule has 3 heterocycles. The Balaban J connectivity index is 1.74. The average molecular weight is 320 g/mol. The summed E-state index contributed by atoms with van der Waals surface area (Å²) in [6.07, 6.45) is 2.75. The Morgan fingerprint density at radius 2 is 1.91 bits per heavy atom. The first kappa shape index (κ1) is 14.2. The summed E-state index contributed by atoms with van der Waals surface area (Å²) in [5.41, 5.74) is 5.24. The number of pyridine rings is 1. The van der Waals surface area contributed by atoms with E-state index >= 15 is 0 Å². The third-order valence-electron chi connectivity index (χ3n) is 4.08. The van der Waals surface area contributed by atoms with Crippen LogP contribution in [0.4, 0.5) is 0 Å². The Labute approximate surface area is 139 Å². The van der Waals surface area contributed by atoms with Crippen LogP contribution in [0.1, 0.15) is 20.8 Å². The number of amides is 1. The zero-order valence-corrected chi connectivity index (χ0v) is 13.6. The van der Waals surface area contributed by atoms with Crippen LogP contribution in [0.5, 0.6) is 0 Å². The number of benzene rings is 1. The van der Waals surface area contributed by atoms with Crippen LogP contribution in [0.3, 0.4) is 0 Å². The normalized spacial score (nSPS) is 13.5. The van der Waals surface area contributed by atoms with Crippen molar-refractivity contribution in [2.24, 2.45) is 0 Å². The van der Waals surface area contributed by atoms with E-state index in [1.807, 2.05) is 18.3 Å². The van der Waals surface area contributed by atoms with Gasteiger partial charge in [0.1, 0.15) is 0 Å². The van der Waals surface area contributed by atoms with Gasteiger partial charge in [0, 0.05) is 28.1 Å². The number of fused-ring (bicyclic) bond motifs is 1. The third kappa shape index (κ3) is 2.66. The predicted octanol–water partition coefficient (Wildman–Crippen LogP) is 4.07. The van der Waals surface area contributed by atoms with Crippen LogP contribution in [-0.2, 0) is 6.42 Å². The van der Waals surface area contributed by atoms with Crippen LogP contribution in [0.15, 0.2) is 48.7 Å². The number of aryl methyl sites for hydroxylation is 1. The number of aromatic nitrogens is 1. The molecule has 114 valence electrons. The van der Waals surface area contributed by atoms with E-state index in [2.05, 4.69) is 47.6 Å². The third-order valence-corrected chi connectivity index (χ3v) is 5.33. The summed E-state index contributed by atoms with van der Waals surface area (Å²) >= 11 is 1.71. The average Bonchev–Trinajstić information content (AvgIpc) is 3.01. The fourth-order valence-electron chi connectivity index (χ4n) is 2.80. The molecule has 1 amide bonds. The van der Waals surface area contributed by atoms with Crippen LogP contribution < -0.4 is 5.32 Å². The molecule has 0 aliphatic carbocycles. The molecule has 4 heteroatoms. The molecule has 0 atom stereocenters. The SMILES string of the molecule is Cc1ccc(-c2cc(-c3cc4c(s3)CCNC4=O)ccn2)cc1. The van der Waals surface area contributed by atoms with E-state index < -0.39 is 0 Å². The van der Waals surface area contributed by atoms with Crippen LogP contribution in [0.2, 0.25) is 0 Å². The molecule has 1 aromatic carbocycles. The van der Waals surface area contributed by atoms with Crippen LogP contribution >= 0.6 is 11.3 Å². The molecule has 1 aliphatic rings. The lowest BCUT2D eigenvalue weighted by atomic mass is 10.1. The highest BCUT2D eigenvalue weighted by molar-refractivity contribution is 7.15. The lowest BCUT2D eigenvalue weighted by molar-refractivity contribution is 0.0947. The number of nitrogens with one attached hydrogen (secondary N) is 1. The molecule has 1 aliphatic heterocycles. The van der Waals surface area contributed by atoms with E-state index in [4.69, 9.17) is 0 Å². The Morgan fingerprint density at radius 3 is 2.70 bits per heavy atom. The second-order valence-corrected chi connectivity index (χ2v) is 6.89. The Morgan fingerprint density at radius 1 is 1.09 bits per heavy atom. The number of carbonyl (C=O) groups is 1. The van der Waals surface area contributed by atoms with E-state index in [1.165, 1.54) is 10.4 Å². The van der Waals surface area contributed by atoms with Crippen molar-refractivity contribution < 1.29 is 4.79 Å². The largest absolute Gasteiger partial charge is 0.352 e. The summed E-state index contributed by atoms with van der Waals surface area (Å²) < 4.78 is 0. The number of rotatable bonds is 2. The first-order valence-electron chi connectivity index (χ1n) is 7.65. The monoisotopic (exact) mass is 320 g/mol. The van der Waals surface area contributed by atoms with Crippen molar-refractivity contribution in [1.82, 2.24) is 10.3 Å². The summed E-state index contributed by atoms with van der Waals surface area (Å²) in [6, 6.07) is 14.5. The van der Waals surface area contributed by atoms with Crippen molar-refractivity contribution >= 4 is 17.2 Å². The van der Waals surface area contributed by atoms with Gasteiger partial charge in [0.15, 0.2) is 0 Å². The van der Waals surface area contributed by atoms with Gasteiger partial charge < -0.3 is 5.32 Å². The van der Waals surface area contributed by atoms with Crippen molar-refractivity contribution in [3.8, 4) is 21.7 Å². The quantitative estimate of drug-likeness (QED) is 0.773. The molecule has 2 aromatic heterocycles. The van der Waals surface area contributed by atoms with Gasteiger partial charge in [-0.3, -0.25) is 9.78 Å². The molecule has 0 bridgehead atoms. The molecule has 0 spiro atoms. The molecule has 0 radical (unpaired) electrons. The first-order valence-corrected chi connectivity index (χ1v) is 8.47. The highest BCUT2D eigenvalue weighted by atomic mass is 32.1. The molecule has 4 rings (SSSR count). The zero-order chi connectivity index (χ0) is 15.8. The van der Waals surface area contributed by atoms with Crippen molar-refractivity contribution in [3.63, 3.8) is 0 Å². The lowest BCUT2D eigenvalue weighted by Gasteiger charge is -2.10. The van der Waals surface area contributed by atoms with Crippen LogP contribution in [0, 0.1) is 6.92 Å². The first-order chi connectivity index (χ1) is 11.2. The standard InChI is InChI=1S/C19H16N2OS/c1-12-2-4-13(5-3-12)16-10-14(6-8-20-16)18-11-15-17(23-18)7-9-21-19(15)22/h2-6,8,10-11H,7,9H2,1H3,(H,21,22). The molecule has 0 unspecified atom stereocenters. The fraction of sp³-hybridized carbons (Fsp3) is 0.158. The smallest absolute Gasteiger partial charge is 0.252 e. The van der Waals surface area contributed by atoms with Crippen molar-refractivity contribution in [1.29, 1.82) is 0 Å². The minimum absolute atomic E-state index is 0.0431. The minimum atomic E-state index is 0.0431. The predicted molar refractivity (Wildman–Crippen MR) is 93.8 cm³/mol. The highest BCUT2D eigenvalue weighted by Gasteiger charge is 2.20. The number of thiophene rings is 1. The summed E-state index contributed by atoms with van der Waals surface area (Å²) in [5, 5.41) is 2.90. The maximum atomic E-state index is 11.9. The highest BCUT2D eigenvalue weighted by Crippen LogP contribution is 2.34. The number of nitrogens with zero attached hydrogens (tertiary/aromatic N) is 1. The number of hydrogen-bond donors (Lipinski definition) is 1. The maximum Gasteiger partial charge on any atom is 0.252 e. The topological polar surface area (TPSA) is 42.0 Å². The molecule has 1 N–H and O–H groups in total. The molecule has 0 saturated carbocycles. The van der Waals surface area contributed by atoms with Gasteiger partial charge >= 0.3 is 0 Å². The van der Waals surface area contributed by atoms with E-state index in [-0.39, 0.29) is 5.91 Å². The number of hydrogen-bond acceptors (Lipinski definition) is 3. The van der Waals surface area contributed by atoms with Gasteiger partial charge in [0.2, 0.25) is 0 Å². The molecule has 0 fully saturated rings. The summed E-state index contributed by atoms with van der Waals surface area (Å²) in [7, 11) is 0. The maximum absolute atomic E-state index is 11.9. The van der Waals surface area contributed by atoms with Gasteiger partial charge in [0.25, 0.3) is 5.91 Å². The van der Waals surface area contributed by atoms with Gasteiger partial charge in [-0.05, 0) is 37.1 Å². The van der Waals surface area contributed by atoms with Gasteiger partial charge in [0.05, 0.1) is 11.3 Å². The Kier molecular flexibility index (Phi) is 3.46.